The lowest BCUT2D eigenvalue weighted by atomic mass is 9.96. The van der Waals surface area contributed by atoms with Gasteiger partial charge in [0, 0.05) is 6.04 Å². The summed E-state index contributed by atoms with van der Waals surface area (Å²) in [5, 5.41) is 3.28. The zero-order chi connectivity index (χ0) is 15.4. The monoisotopic (exact) mass is 349 g/mol. The van der Waals surface area contributed by atoms with Crippen LogP contribution in [0.2, 0.25) is 0 Å². The van der Waals surface area contributed by atoms with Gasteiger partial charge in [0.2, 0.25) is 0 Å². The number of hydrogen-bond donors (Lipinski definition) is 1. The first-order valence-corrected chi connectivity index (χ1v) is 8.02. The molecular weight excluding hydrogens is 329 g/mol. The Morgan fingerprint density at radius 3 is 2.33 bits per heavy atom. The summed E-state index contributed by atoms with van der Waals surface area (Å²) in [5.41, 5.74) is 3.53. The molecule has 0 fully saturated rings. The Kier molecular flexibility index (Phi) is 5.54. The molecule has 2 aromatic carbocycles. The lowest BCUT2D eigenvalue weighted by Gasteiger charge is -2.19. The molecule has 0 aliphatic rings. The second-order valence-electron chi connectivity index (χ2n) is 5.58. The molecule has 0 amide bonds. The topological polar surface area (TPSA) is 12.0 Å². The molecule has 0 aliphatic carbocycles. The summed E-state index contributed by atoms with van der Waals surface area (Å²) in [6.07, 6.45) is 0.830. The molecule has 0 saturated carbocycles. The lowest BCUT2D eigenvalue weighted by molar-refractivity contribution is 0.571. The van der Waals surface area contributed by atoms with E-state index in [9.17, 15) is 4.39 Å². The summed E-state index contributed by atoms with van der Waals surface area (Å²) in [4.78, 5) is 0. The number of halogens is 2. The van der Waals surface area contributed by atoms with Gasteiger partial charge in [0.15, 0.2) is 0 Å². The van der Waals surface area contributed by atoms with Crippen molar-refractivity contribution in [2.75, 3.05) is 7.05 Å². The van der Waals surface area contributed by atoms with Crippen molar-refractivity contribution in [2.45, 2.75) is 32.2 Å². The Morgan fingerprint density at radius 1 is 1.10 bits per heavy atom. The molecule has 0 radical (unpaired) electrons. The fourth-order valence-corrected chi connectivity index (χ4v) is 2.97. The van der Waals surface area contributed by atoms with Crippen molar-refractivity contribution in [1.29, 1.82) is 0 Å². The SMILES string of the molecule is CNC(Cc1ccc(C(C)C)cc1)c1cccc(F)c1Br. The van der Waals surface area contributed by atoms with Crippen LogP contribution in [-0.2, 0) is 6.42 Å². The molecule has 0 aliphatic heterocycles. The summed E-state index contributed by atoms with van der Waals surface area (Å²) in [6.45, 7) is 4.38. The average molecular weight is 350 g/mol. The van der Waals surface area contributed by atoms with Gasteiger partial charge in [-0.05, 0) is 58.1 Å². The van der Waals surface area contributed by atoms with E-state index in [1.54, 1.807) is 6.07 Å². The molecule has 21 heavy (non-hydrogen) atoms. The quantitative estimate of drug-likeness (QED) is 0.780. The van der Waals surface area contributed by atoms with Crippen LogP contribution in [0.1, 0.15) is 42.5 Å². The molecule has 1 atom stereocenters. The zero-order valence-corrected chi connectivity index (χ0v) is 14.2. The van der Waals surface area contributed by atoms with Crippen LogP contribution in [0.25, 0.3) is 0 Å². The highest BCUT2D eigenvalue weighted by molar-refractivity contribution is 9.10. The number of nitrogens with one attached hydrogen (secondary N) is 1. The van der Waals surface area contributed by atoms with Gasteiger partial charge in [-0.15, -0.1) is 0 Å². The van der Waals surface area contributed by atoms with Gasteiger partial charge >= 0.3 is 0 Å². The maximum atomic E-state index is 13.7. The molecule has 2 aromatic rings. The van der Waals surface area contributed by atoms with Crippen molar-refractivity contribution in [1.82, 2.24) is 5.32 Å². The number of hydrogen-bond acceptors (Lipinski definition) is 1. The van der Waals surface area contributed by atoms with Crippen LogP contribution >= 0.6 is 15.9 Å². The van der Waals surface area contributed by atoms with E-state index in [1.807, 2.05) is 13.1 Å². The molecule has 0 saturated heterocycles. The lowest BCUT2D eigenvalue weighted by Crippen LogP contribution is -2.19. The van der Waals surface area contributed by atoms with Crippen LogP contribution in [0.15, 0.2) is 46.9 Å². The molecule has 0 bridgehead atoms. The van der Waals surface area contributed by atoms with Crippen molar-refractivity contribution in [2.24, 2.45) is 0 Å². The third-order valence-corrected chi connectivity index (χ3v) is 4.63. The summed E-state index contributed by atoms with van der Waals surface area (Å²) in [7, 11) is 1.91. The largest absolute Gasteiger partial charge is 0.313 e. The number of likely N-dealkylation sites (N-methyl/N-ethyl adjacent to an activating group) is 1. The van der Waals surface area contributed by atoms with Gasteiger partial charge in [-0.1, -0.05) is 50.2 Å². The third-order valence-electron chi connectivity index (χ3n) is 3.79. The van der Waals surface area contributed by atoms with Crippen molar-refractivity contribution in [3.05, 3.63) is 69.4 Å². The van der Waals surface area contributed by atoms with Gasteiger partial charge in [-0.2, -0.15) is 0 Å². The van der Waals surface area contributed by atoms with Crippen molar-refractivity contribution < 1.29 is 4.39 Å². The zero-order valence-electron chi connectivity index (χ0n) is 12.7. The highest BCUT2D eigenvalue weighted by Crippen LogP contribution is 2.28. The minimum atomic E-state index is -0.220. The van der Waals surface area contributed by atoms with Crippen molar-refractivity contribution in [3.63, 3.8) is 0 Å². The molecule has 1 nitrogen and oxygen atoms in total. The van der Waals surface area contributed by atoms with E-state index in [0.29, 0.717) is 10.4 Å². The highest BCUT2D eigenvalue weighted by Gasteiger charge is 2.15. The molecule has 3 heteroatoms. The second kappa shape index (κ2) is 7.19. The minimum absolute atomic E-state index is 0.0833. The molecular formula is C18H21BrFN. The van der Waals surface area contributed by atoms with Crippen LogP contribution in [0.3, 0.4) is 0 Å². The highest BCUT2D eigenvalue weighted by atomic mass is 79.9. The summed E-state index contributed by atoms with van der Waals surface area (Å²) < 4.78 is 14.2. The number of rotatable bonds is 5. The van der Waals surface area contributed by atoms with E-state index in [2.05, 4.69) is 59.4 Å². The predicted molar refractivity (Wildman–Crippen MR) is 90.1 cm³/mol. The van der Waals surface area contributed by atoms with Crippen LogP contribution in [0.4, 0.5) is 4.39 Å². The molecule has 0 spiro atoms. The third kappa shape index (κ3) is 3.92. The Balaban J connectivity index is 2.21. The van der Waals surface area contributed by atoms with E-state index >= 15 is 0 Å². The molecule has 0 aromatic heterocycles. The van der Waals surface area contributed by atoms with E-state index < -0.39 is 0 Å². The molecule has 1 unspecified atom stereocenters. The van der Waals surface area contributed by atoms with Gasteiger partial charge in [0.1, 0.15) is 5.82 Å². The van der Waals surface area contributed by atoms with Crippen LogP contribution in [0.5, 0.6) is 0 Å². The Bertz CT molecular complexity index is 593. The summed E-state index contributed by atoms with van der Waals surface area (Å²) in [5.74, 6) is 0.319. The van der Waals surface area contributed by atoms with Crippen molar-refractivity contribution >= 4 is 15.9 Å². The summed E-state index contributed by atoms with van der Waals surface area (Å²) >= 11 is 3.35. The van der Waals surface area contributed by atoms with Gasteiger partial charge in [0.05, 0.1) is 4.47 Å². The fourth-order valence-electron chi connectivity index (χ4n) is 2.43. The average Bonchev–Trinajstić information content (AvgIpc) is 2.48. The molecule has 2 rings (SSSR count). The maximum Gasteiger partial charge on any atom is 0.137 e. The van der Waals surface area contributed by atoms with E-state index in [-0.39, 0.29) is 11.9 Å². The smallest absolute Gasteiger partial charge is 0.137 e. The van der Waals surface area contributed by atoms with E-state index in [1.165, 1.54) is 17.2 Å². The fraction of sp³-hybridized carbons (Fsp3) is 0.333. The van der Waals surface area contributed by atoms with Gasteiger partial charge in [-0.25, -0.2) is 4.39 Å². The van der Waals surface area contributed by atoms with Crippen LogP contribution < -0.4 is 5.32 Å². The van der Waals surface area contributed by atoms with Gasteiger partial charge in [-0.3, -0.25) is 0 Å². The Labute approximate surface area is 134 Å². The molecule has 112 valence electrons. The first-order valence-electron chi connectivity index (χ1n) is 7.23. The van der Waals surface area contributed by atoms with E-state index in [4.69, 9.17) is 0 Å². The minimum Gasteiger partial charge on any atom is -0.313 e. The van der Waals surface area contributed by atoms with Gasteiger partial charge < -0.3 is 5.32 Å². The number of benzene rings is 2. The van der Waals surface area contributed by atoms with Crippen LogP contribution in [-0.4, -0.2) is 7.05 Å². The Morgan fingerprint density at radius 2 is 1.76 bits per heavy atom. The van der Waals surface area contributed by atoms with E-state index in [0.717, 1.165) is 12.0 Å². The second-order valence-corrected chi connectivity index (χ2v) is 6.38. The first kappa shape index (κ1) is 16.2. The maximum absolute atomic E-state index is 13.7. The standard InChI is InChI=1S/C18H21BrFN/c1-12(2)14-9-7-13(8-10-14)11-17(21-3)15-5-4-6-16(20)18(15)19/h4-10,12,17,21H,11H2,1-3H3. The van der Waals surface area contributed by atoms with Gasteiger partial charge in [0.25, 0.3) is 0 Å². The first-order chi connectivity index (χ1) is 10.0. The molecule has 1 N–H and O–H groups in total. The normalized spacial score (nSPS) is 12.7. The Hall–Kier alpha value is -1.19. The predicted octanol–water partition coefficient (Wildman–Crippen LogP) is 5.21. The van der Waals surface area contributed by atoms with Crippen molar-refractivity contribution in [3.8, 4) is 0 Å². The molecule has 0 heterocycles. The summed E-state index contributed by atoms with van der Waals surface area (Å²) in [6, 6.07) is 13.9. The van der Waals surface area contributed by atoms with Crippen LogP contribution in [0, 0.1) is 5.82 Å².